The Bertz CT molecular complexity index is 1390. The van der Waals surface area contributed by atoms with Crippen LogP contribution >= 0.6 is 0 Å². The molecule has 0 N–H and O–H groups in total. The Morgan fingerprint density at radius 1 is 0.328 bits per heavy atom. The SMILES string of the molecule is CC/C=C\C/C=C\C/C=C\C/C=C\C/C=C\C/C=C\CCC(=O)OCC(COC(=O)CCCCC/C=C\CCCCCCCC)OC(=O)CCCCCC/C=C\C/C=C\C/C=C\CC. The quantitative estimate of drug-likeness (QED) is 0.0262. The number of rotatable bonds is 44. The number of hydrogen-bond acceptors (Lipinski definition) is 6. The first-order valence-electron chi connectivity index (χ1n) is 25.5. The average Bonchev–Trinajstić information content (AvgIpc) is 3.29. The van der Waals surface area contributed by atoms with Crippen LogP contribution in [0.25, 0.3) is 0 Å². The Balaban J connectivity index is 4.57. The van der Waals surface area contributed by atoms with Gasteiger partial charge in [0.1, 0.15) is 13.2 Å². The van der Waals surface area contributed by atoms with Crippen molar-refractivity contribution in [1.82, 2.24) is 0 Å². The van der Waals surface area contributed by atoms with Gasteiger partial charge in [0.05, 0.1) is 0 Å². The molecule has 64 heavy (non-hydrogen) atoms. The first kappa shape index (κ1) is 59.8. The number of esters is 3. The summed E-state index contributed by atoms with van der Waals surface area (Å²) in [6, 6.07) is 0. The second-order valence-electron chi connectivity index (χ2n) is 16.3. The lowest BCUT2D eigenvalue weighted by Crippen LogP contribution is -2.30. The molecule has 0 rings (SSSR count). The molecule has 0 aliphatic carbocycles. The smallest absolute Gasteiger partial charge is 0.306 e. The van der Waals surface area contributed by atoms with E-state index in [0.717, 1.165) is 122 Å². The number of allylic oxidation sites excluding steroid dienone is 20. The molecular weight excluding hydrogens is 793 g/mol. The summed E-state index contributed by atoms with van der Waals surface area (Å²) in [5.74, 6) is -1.06. The molecule has 0 heterocycles. The van der Waals surface area contributed by atoms with Gasteiger partial charge in [-0.3, -0.25) is 14.4 Å². The van der Waals surface area contributed by atoms with Gasteiger partial charge in [0.15, 0.2) is 6.10 Å². The van der Waals surface area contributed by atoms with E-state index in [0.29, 0.717) is 12.8 Å². The fourth-order valence-electron chi connectivity index (χ4n) is 6.42. The van der Waals surface area contributed by atoms with Crippen molar-refractivity contribution >= 4 is 17.9 Å². The van der Waals surface area contributed by atoms with Crippen LogP contribution in [-0.2, 0) is 28.6 Å². The van der Waals surface area contributed by atoms with Gasteiger partial charge >= 0.3 is 17.9 Å². The van der Waals surface area contributed by atoms with E-state index in [1.54, 1.807) is 0 Å². The zero-order chi connectivity index (χ0) is 46.5. The fourth-order valence-corrected chi connectivity index (χ4v) is 6.42. The molecule has 0 aliphatic rings. The largest absolute Gasteiger partial charge is 0.462 e. The fraction of sp³-hybridized carbons (Fsp3) is 0.603. The van der Waals surface area contributed by atoms with Crippen LogP contribution in [0.1, 0.15) is 207 Å². The molecule has 0 radical (unpaired) electrons. The van der Waals surface area contributed by atoms with E-state index >= 15 is 0 Å². The third kappa shape index (κ3) is 48.8. The number of unbranched alkanes of at least 4 members (excludes halogenated alkanes) is 13. The minimum atomic E-state index is -0.829. The van der Waals surface area contributed by atoms with Crippen molar-refractivity contribution < 1.29 is 28.6 Å². The van der Waals surface area contributed by atoms with Gasteiger partial charge in [-0.25, -0.2) is 0 Å². The lowest BCUT2D eigenvalue weighted by molar-refractivity contribution is -0.166. The highest BCUT2D eigenvalue weighted by Crippen LogP contribution is 2.12. The molecule has 6 heteroatoms. The highest BCUT2D eigenvalue weighted by Gasteiger charge is 2.19. The summed E-state index contributed by atoms with van der Waals surface area (Å²) in [6.07, 6.45) is 70.5. The number of hydrogen-bond donors (Lipinski definition) is 0. The van der Waals surface area contributed by atoms with Gasteiger partial charge in [0, 0.05) is 19.3 Å². The van der Waals surface area contributed by atoms with E-state index in [-0.39, 0.29) is 44.0 Å². The van der Waals surface area contributed by atoms with Gasteiger partial charge in [-0.2, -0.15) is 0 Å². The van der Waals surface area contributed by atoms with E-state index in [9.17, 15) is 14.4 Å². The minimum absolute atomic E-state index is 0.122. The van der Waals surface area contributed by atoms with Gasteiger partial charge in [-0.1, -0.05) is 194 Å². The third-order valence-corrected chi connectivity index (χ3v) is 10.2. The van der Waals surface area contributed by atoms with Crippen molar-refractivity contribution in [1.29, 1.82) is 0 Å². The molecule has 0 spiro atoms. The molecule has 0 aromatic rings. The summed E-state index contributed by atoms with van der Waals surface area (Å²) in [4.78, 5) is 37.9. The molecule has 0 amide bonds. The predicted octanol–water partition coefficient (Wildman–Crippen LogP) is 16.9. The Labute approximate surface area is 392 Å². The van der Waals surface area contributed by atoms with Crippen molar-refractivity contribution in [3.05, 3.63) is 122 Å². The Morgan fingerprint density at radius 3 is 1.08 bits per heavy atom. The maximum Gasteiger partial charge on any atom is 0.306 e. The van der Waals surface area contributed by atoms with E-state index in [2.05, 4.69) is 130 Å². The standard InChI is InChI=1S/C58H92O6/c1-4-7-10-13-16-19-22-25-27-28-29-30-31-34-36-39-42-45-48-51-57(60)63-54-55(53-62-56(59)50-47-44-41-38-35-32-24-21-18-15-12-9-6-3)64-58(61)52-49-46-43-40-37-33-26-23-20-17-14-11-8-5-2/h7-8,10-11,16-17,19-20,25-27,29-30,32-36,42,45,55H,4-6,9,12-15,18,21-24,28,31,37-41,43-44,46-54H2,1-3H3/b10-7-,11-8-,19-16-,20-17-,27-25-,30-29-,33-26-,35-32-,36-34-,45-42-. The molecule has 6 nitrogen and oxygen atoms in total. The van der Waals surface area contributed by atoms with Crippen LogP contribution in [0, 0.1) is 0 Å². The van der Waals surface area contributed by atoms with Gasteiger partial charge in [-0.05, 0) is 116 Å². The lowest BCUT2D eigenvalue weighted by atomic mass is 10.1. The summed E-state index contributed by atoms with van der Waals surface area (Å²) in [7, 11) is 0. The molecule has 0 aromatic carbocycles. The molecule has 1 atom stereocenters. The van der Waals surface area contributed by atoms with E-state index in [4.69, 9.17) is 14.2 Å². The van der Waals surface area contributed by atoms with Crippen molar-refractivity contribution in [3.8, 4) is 0 Å². The van der Waals surface area contributed by atoms with Crippen LogP contribution in [0.15, 0.2) is 122 Å². The first-order valence-corrected chi connectivity index (χ1v) is 25.5. The number of ether oxygens (including phenoxy) is 3. The number of carbonyl (C=O) groups excluding carboxylic acids is 3. The van der Waals surface area contributed by atoms with Gasteiger partial charge in [-0.15, -0.1) is 0 Å². The zero-order valence-electron chi connectivity index (χ0n) is 41.0. The predicted molar refractivity (Wildman–Crippen MR) is 274 cm³/mol. The van der Waals surface area contributed by atoms with Crippen molar-refractivity contribution in [3.63, 3.8) is 0 Å². The third-order valence-electron chi connectivity index (χ3n) is 10.2. The molecule has 0 aromatic heterocycles. The van der Waals surface area contributed by atoms with E-state index in [1.165, 1.54) is 38.5 Å². The highest BCUT2D eigenvalue weighted by molar-refractivity contribution is 5.71. The normalized spacial score (nSPS) is 13.1. The monoisotopic (exact) mass is 885 g/mol. The lowest BCUT2D eigenvalue weighted by Gasteiger charge is -2.18. The molecule has 360 valence electrons. The van der Waals surface area contributed by atoms with Crippen LogP contribution in [0.4, 0.5) is 0 Å². The van der Waals surface area contributed by atoms with E-state index < -0.39 is 6.10 Å². The summed E-state index contributed by atoms with van der Waals surface area (Å²) in [5.41, 5.74) is 0. The Morgan fingerprint density at radius 2 is 0.641 bits per heavy atom. The second kappa shape index (κ2) is 51.4. The highest BCUT2D eigenvalue weighted by atomic mass is 16.6. The molecule has 1 unspecified atom stereocenters. The number of carbonyl (C=O) groups is 3. The van der Waals surface area contributed by atoms with Crippen molar-refractivity contribution in [2.24, 2.45) is 0 Å². The molecule has 0 saturated carbocycles. The molecule has 0 bridgehead atoms. The van der Waals surface area contributed by atoms with Gasteiger partial charge < -0.3 is 14.2 Å². The minimum Gasteiger partial charge on any atom is -0.462 e. The Kier molecular flexibility index (Phi) is 48.1. The van der Waals surface area contributed by atoms with E-state index in [1.807, 2.05) is 12.2 Å². The molecule has 0 aliphatic heterocycles. The van der Waals surface area contributed by atoms with Crippen LogP contribution in [0.3, 0.4) is 0 Å². The Hall–Kier alpha value is -4.19. The summed E-state index contributed by atoms with van der Waals surface area (Å²) >= 11 is 0. The summed E-state index contributed by atoms with van der Waals surface area (Å²) in [5, 5.41) is 0. The summed E-state index contributed by atoms with van der Waals surface area (Å²) < 4.78 is 16.7. The van der Waals surface area contributed by atoms with Crippen molar-refractivity contribution in [2.45, 2.75) is 213 Å². The van der Waals surface area contributed by atoms with Crippen LogP contribution in [0.2, 0.25) is 0 Å². The van der Waals surface area contributed by atoms with Crippen LogP contribution in [-0.4, -0.2) is 37.2 Å². The van der Waals surface area contributed by atoms with Gasteiger partial charge in [0.2, 0.25) is 0 Å². The molecule has 0 fully saturated rings. The zero-order valence-corrected chi connectivity index (χ0v) is 41.0. The maximum absolute atomic E-state index is 12.8. The topological polar surface area (TPSA) is 78.9 Å². The van der Waals surface area contributed by atoms with Crippen LogP contribution < -0.4 is 0 Å². The second-order valence-corrected chi connectivity index (χ2v) is 16.3. The molecule has 0 saturated heterocycles. The molecular formula is C58H92O6. The van der Waals surface area contributed by atoms with Crippen LogP contribution in [0.5, 0.6) is 0 Å². The average molecular weight is 885 g/mol. The maximum atomic E-state index is 12.8. The van der Waals surface area contributed by atoms with Gasteiger partial charge in [0.25, 0.3) is 0 Å². The first-order chi connectivity index (χ1) is 31.5. The summed E-state index contributed by atoms with van der Waals surface area (Å²) in [6.45, 7) is 6.28. The van der Waals surface area contributed by atoms with Crippen molar-refractivity contribution in [2.75, 3.05) is 13.2 Å².